The molecule has 0 saturated carbocycles. The number of aromatic nitrogens is 4. The average Bonchev–Trinajstić information content (AvgIpc) is 3.74. The van der Waals surface area contributed by atoms with E-state index in [1.54, 1.807) is 24.4 Å². The van der Waals surface area contributed by atoms with E-state index in [0.717, 1.165) is 19.3 Å². The zero-order valence-corrected chi connectivity index (χ0v) is 34.1. The number of hydrogen-bond donors (Lipinski definition) is 4. The van der Waals surface area contributed by atoms with Gasteiger partial charge in [0.05, 0.1) is 44.3 Å². The molecule has 56 heavy (non-hydrogen) atoms. The fourth-order valence-electron chi connectivity index (χ4n) is 6.93. The van der Waals surface area contributed by atoms with Gasteiger partial charge in [0, 0.05) is 19.0 Å². The summed E-state index contributed by atoms with van der Waals surface area (Å²) in [5, 5.41) is 36.1. The Balaban J connectivity index is 1.17. The monoisotopic (exact) mass is 802 g/mol. The number of rotatable bonds is 29. The van der Waals surface area contributed by atoms with Crippen molar-refractivity contribution in [1.29, 1.82) is 5.26 Å². The number of nitrogens with zero attached hydrogens (tertiary/aromatic N) is 5. The molecule has 1 aliphatic heterocycles. The molecular weight excluding hydrogens is 739 g/mol. The van der Waals surface area contributed by atoms with Crippen LogP contribution >= 0.6 is 7.82 Å². The highest BCUT2D eigenvalue weighted by molar-refractivity contribution is 7.47. The maximum atomic E-state index is 13.1. The van der Waals surface area contributed by atoms with Gasteiger partial charge in [0.1, 0.15) is 35.7 Å². The fourth-order valence-corrected chi connectivity index (χ4v) is 7.78. The number of fused-ring (bicyclic) bond motifs is 1. The molecule has 3 aromatic heterocycles. The molecule has 0 amide bonds. The van der Waals surface area contributed by atoms with E-state index in [-0.39, 0.29) is 37.9 Å². The number of nitrogen functional groups attached to an aromatic ring is 1. The van der Waals surface area contributed by atoms with Crippen molar-refractivity contribution in [3.63, 3.8) is 0 Å². The van der Waals surface area contributed by atoms with Gasteiger partial charge in [0.2, 0.25) is 0 Å². The Morgan fingerprint density at radius 3 is 2.29 bits per heavy atom. The summed E-state index contributed by atoms with van der Waals surface area (Å²) in [4.78, 5) is 18.6. The van der Waals surface area contributed by atoms with Crippen LogP contribution in [0, 0.1) is 11.3 Å². The van der Waals surface area contributed by atoms with Gasteiger partial charge in [0.25, 0.3) is 0 Å². The Morgan fingerprint density at radius 2 is 1.64 bits per heavy atom. The number of nitrogens with two attached hydrogens (primary N) is 1. The molecule has 4 heterocycles. The number of phosphoric acid groups is 1. The van der Waals surface area contributed by atoms with Gasteiger partial charge < -0.3 is 35.1 Å². The fraction of sp³-hybridized carbons (Fsp3) is 0.700. The molecule has 16 heteroatoms. The predicted octanol–water partition coefficient (Wildman–Crippen LogP) is 6.91. The van der Waals surface area contributed by atoms with Crippen LogP contribution in [0.25, 0.3) is 5.52 Å². The van der Waals surface area contributed by atoms with Crippen molar-refractivity contribution in [3.8, 4) is 6.07 Å². The third-order valence-corrected chi connectivity index (χ3v) is 11.3. The highest BCUT2D eigenvalue weighted by atomic mass is 31.2. The van der Waals surface area contributed by atoms with E-state index in [1.807, 2.05) is 6.07 Å². The van der Waals surface area contributed by atoms with Crippen LogP contribution in [0.4, 0.5) is 5.82 Å². The predicted molar refractivity (Wildman–Crippen MR) is 211 cm³/mol. The van der Waals surface area contributed by atoms with Crippen LogP contribution in [-0.4, -0.2) is 85.5 Å². The molecule has 0 bridgehead atoms. The summed E-state index contributed by atoms with van der Waals surface area (Å²) in [5.74, 6) is 0.188. The second-order valence-corrected chi connectivity index (χ2v) is 16.6. The minimum absolute atomic E-state index is 0.0667. The molecular formula is C40H63N6O9P. The maximum absolute atomic E-state index is 13.1. The van der Waals surface area contributed by atoms with Gasteiger partial charge in [-0.2, -0.15) is 10.4 Å². The first-order chi connectivity index (χ1) is 27.0. The highest BCUT2D eigenvalue weighted by Crippen LogP contribution is 2.47. The standard InChI is InChI=1S/C40H63N6O9P/c1-3-4-5-6-7-8-9-10-11-12-13-14-15-16-17-18-21-51-27-34(52-26-33-22-32(23-41)24-43-25-33)28-54-56(49,50)55-29-39(2)38(47)40(48,30-53-39)36-20-19-35-37(42)44-31-45-46(35)36/h19-20,22,24-25,31,34,38,47-48H,3-18,21,26-30H2,1-2H3,(H,49,50)(H2,42,44,45)/t34-,38-,39-,40-/m1/s1. The van der Waals surface area contributed by atoms with E-state index in [1.165, 1.54) is 107 Å². The van der Waals surface area contributed by atoms with E-state index in [2.05, 4.69) is 22.0 Å². The lowest BCUT2D eigenvalue weighted by molar-refractivity contribution is -0.101. The SMILES string of the molecule is CCCCCCCCCCCCCCCCCCOC[C@H](COP(=O)(O)OC[C@@]1(C)OC[C@@](O)(c2ccc3c(N)ncnn23)[C@@H]1O)OCc1cncc(C#N)c1. The van der Waals surface area contributed by atoms with Crippen molar-refractivity contribution >= 4 is 19.2 Å². The van der Waals surface area contributed by atoms with Crippen LogP contribution in [0.5, 0.6) is 0 Å². The lowest BCUT2D eigenvalue weighted by atomic mass is 9.86. The third-order valence-electron chi connectivity index (χ3n) is 10.4. The number of unbranched alkanes of at least 4 members (excludes halogenated alkanes) is 15. The molecule has 0 aliphatic carbocycles. The number of pyridine rings is 1. The topological polar surface area (TPSA) is 217 Å². The summed E-state index contributed by atoms with van der Waals surface area (Å²) in [5.41, 5.74) is 4.06. The molecule has 15 nitrogen and oxygen atoms in total. The van der Waals surface area contributed by atoms with E-state index in [0.29, 0.717) is 23.3 Å². The second kappa shape index (κ2) is 23.4. The number of aliphatic hydroxyl groups excluding tert-OH is 1. The van der Waals surface area contributed by atoms with Gasteiger partial charge in [-0.05, 0) is 37.1 Å². The van der Waals surface area contributed by atoms with Crippen LogP contribution in [0.3, 0.4) is 0 Å². The largest absolute Gasteiger partial charge is 0.472 e. The summed E-state index contributed by atoms with van der Waals surface area (Å²) in [6.07, 6.45) is 22.4. The molecule has 0 radical (unpaired) electrons. The number of nitriles is 1. The minimum atomic E-state index is -4.71. The molecule has 1 aliphatic rings. The molecule has 5 atom stereocenters. The van der Waals surface area contributed by atoms with Gasteiger partial charge >= 0.3 is 7.82 Å². The Labute approximate surface area is 331 Å². The van der Waals surface area contributed by atoms with Crippen LogP contribution < -0.4 is 5.73 Å². The average molecular weight is 803 g/mol. The molecule has 3 aromatic rings. The van der Waals surface area contributed by atoms with Crippen LogP contribution in [0.2, 0.25) is 0 Å². The number of anilines is 1. The van der Waals surface area contributed by atoms with Gasteiger partial charge in [-0.25, -0.2) is 14.1 Å². The summed E-state index contributed by atoms with van der Waals surface area (Å²) < 4.78 is 42.7. The van der Waals surface area contributed by atoms with E-state index in [4.69, 9.17) is 29.0 Å². The number of aliphatic hydroxyl groups is 2. The summed E-state index contributed by atoms with van der Waals surface area (Å²) in [6, 6.07) is 6.85. The van der Waals surface area contributed by atoms with E-state index < -0.39 is 37.8 Å². The molecule has 312 valence electrons. The first kappa shape index (κ1) is 45.7. The lowest BCUT2D eigenvalue weighted by Crippen LogP contribution is -2.49. The Morgan fingerprint density at radius 1 is 1.00 bits per heavy atom. The summed E-state index contributed by atoms with van der Waals surface area (Å²) >= 11 is 0. The Hall–Kier alpha value is -3.03. The summed E-state index contributed by atoms with van der Waals surface area (Å²) in [6.45, 7) is 3.09. The third kappa shape index (κ3) is 14.1. The Bertz CT molecular complexity index is 1690. The number of phosphoric ester groups is 1. The van der Waals surface area contributed by atoms with E-state index >= 15 is 0 Å². The maximum Gasteiger partial charge on any atom is 0.472 e. The lowest BCUT2D eigenvalue weighted by Gasteiger charge is -2.32. The van der Waals surface area contributed by atoms with Crippen molar-refractivity contribution in [1.82, 2.24) is 19.6 Å². The van der Waals surface area contributed by atoms with Gasteiger partial charge in [-0.3, -0.25) is 14.0 Å². The first-order valence-electron chi connectivity index (χ1n) is 20.3. The highest BCUT2D eigenvalue weighted by Gasteiger charge is 2.58. The van der Waals surface area contributed by atoms with Crippen LogP contribution in [0.15, 0.2) is 36.9 Å². The van der Waals surface area contributed by atoms with Crippen molar-refractivity contribution in [2.24, 2.45) is 0 Å². The molecule has 1 unspecified atom stereocenters. The quantitative estimate of drug-likeness (QED) is 0.0414. The molecule has 1 fully saturated rings. The Kier molecular flexibility index (Phi) is 19.1. The zero-order chi connectivity index (χ0) is 40.3. The van der Waals surface area contributed by atoms with Crippen LogP contribution in [0.1, 0.15) is 133 Å². The first-order valence-corrected chi connectivity index (χ1v) is 21.8. The van der Waals surface area contributed by atoms with Gasteiger partial charge in [0.15, 0.2) is 11.4 Å². The van der Waals surface area contributed by atoms with Crippen molar-refractivity contribution < 1.29 is 42.9 Å². The minimum Gasteiger partial charge on any atom is -0.386 e. The number of ether oxygens (including phenoxy) is 3. The van der Waals surface area contributed by atoms with E-state index in [9.17, 15) is 24.9 Å². The molecule has 0 spiro atoms. The van der Waals surface area contributed by atoms with Crippen molar-refractivity contribution in [3.05, 3.63) is 53.7 Å². The van der Waals surface area contributed by atoms with Gasteiger partial charge in [-0.15, -0.1) is 0 Å². The van der Waals surface area contributed by atoms with Gasteiger partial charge in [-0.1, -0.05) is 103 Å². The smallest absolute Gasteiger partial charge is 0.386 e. The molecule has 4 rings (SSSR count). The van der Waals surface area contributed by atoms with Crippen molar-refractivity contribution in [2.75, 3.05) is 38.8 Å². The molecule has 5 N–H and O–H groups in total. The number of hydrogen-bond acceptors (Lipinski definition) is 13. The zero-order valence-electron chi connectivity index (χ0n) is 33.2. The second-order valence-electron chi connectivity index (χ2n) is 15.1. The molecule has 0 aromatic carbocycles. The van der Waals surface area contributed by atoms with Crippen LogP contribution in [-0.2, 0) is 40.0 Å². The molecule has 1 saturated heterocycles. The normalized spacial score (nSPS) is 21.3. The summed E-state index contributed by atoms with van der Waals surface area (Å²) in [7, 11) is -4.71. The van der Waals surface area contributed by atoms with Crippen molar-refractivity contribution in [2.45, 2.75) is 147 Å².